The zero-order valence-corrected chi connectivity index (χ0v) is 16.5. The zero-order chi connectivity index (χ0) is 22.9. The van der Waals surface area contributed by atoms with Crippen LogP contribution >= 0.6 is 0 Å². The van der Waals surface area contributed by atoms with Crippen molar-refractivity contribution in [3.8, 4) is 34.1 Å². The molecule has 0 radical (unpaired) electrons. The second-order valence-electron chi connectivity index (χ2n) is 6.76. The lowest BCUT2D eigenvalue weighted by molar-refractivity contribution is -0.274. The summed E-state index contributed by atoms with van der Waals surface area (Å²) in [5, 5.41) is 4.12. The quantitative estimate of drug-likeness (QED) is 0.403. The van der Waals surface area contributed by atoms with Crippen LogP contribution < -0.4 is 15.0 Å². The van der Waals surface area contributed by atoms with E-state index < -0.39 is 23.5 Å². The minimum absolute atomic E-state index is 0.211. The smallest absolute Gasteiger partial charge is 0.456 e. The number of rotatable bonds is 5. The van der Waals surface area contributed by atoms with E-state index in [0.717, 1.165) is 12.1 Å². The molecular weight excluding hydrogens is 430 g/mol. The third-order valence-corrected chi connectivity index (χ3v) is 4.42. The number of halogens is 4. The SMILES string of the molecule is Cn1cc(-c2cn(-c3ccc(OC(F)(F)F)cc3)c(=O)cc2Oc2ccc(F)cc2)cn1. The van der Waals surface area contributed by atoms with E-state index in [2.05, 4.69) is 9.84 Å². The van der Waals surface area contributed by atoms with Crippen LogP contribution in [0.2, 0.25) is 0 Å². The van der Waals surface area contributed by atoms with E-state index in [1.807, 2.05) is 0 Å². The van der Waals surface area contributed by atoms with Crippen molar-refractivity contribution in [2.45, 2.75) is 6.36 Å². The van der Waals surface area contributed by atoms with E-state index >= 15 is 0 Å². The zero-order valence-electron chi connectivity index (χ0n) is 16.5. The van der Waals surface area contributed by atoms with Crippen LogP contribution in [0.4, 0.5) is 17.6 Å². The first kappa shape index (κ1) is 21.2. The molecule has 0 aliphatic carbocycles. The molecule has 0 bridgehead atoms. The molecule has 4 rings (SSSR count). The summed E-state index contributed by atoms with van der Waals surface area (Å²) in [7, 11) is 1.72. The van der Waals surface area contributed by atoms with E-state index in [0.29, 0.717) is 22.6 Å². The number of benzene rings is 2. The predicted molar refractivity (Wildman–Crippen MR) is 107 cm³/mol. The van der Waals surface area contributed by atoms with Crippen molar-refractivity contribution < 1.29 is 27.0 Å². The average molecular weight is 445 g/mol. The van der Waals surface area contributed by atoms with Crippen molar-refractivity contribution in [3.05, 3.63) is 89.4 Å². The van der Waals surface area contributed by atoms with E-state index in [1.54, 1.807) is 24.1 Å². The normalized spacial score (nSPS) is 11.4. The van der Waals surface area contributed by atoms with Crippen LogP contribution in [-0.2, 0) is 7.05 Å². The highest BCUT2D eigenvalue weighted by atomic mass is 19.4. The average Bonchev–Trinajstić information content (AvgIpc) is 3.15. The molecule has 4 aromatic rings. The first-order valence-electron chi connectivity index (χ1n) is 9.23. The van der Waals surface area contributed by atoms with Gasteiger partial charge in [0.15, 0.2) is 0 Å². The molecule has 2 aromatic carbocycles. The number of hydrogen-bond donors (Lipinski definition) is 0. The lowest BCUT2D eigenvalue weighted by Gasteiger charge is -2.14. The molecule has 0 saturated heterocycles. The Kier molecular flexibility index (Phi) is 5.43. The standard InChI is InChI=1S/C22H15F4N3O3/c1-28-12-14(11-27-28)19-13-29(16-4-8-18(9-5-16)32-22(24,25)26)21(30)10-20(19)31-17-6-2-15(23)3-7-17/h2-13H,1H3. The van der Waals surface area contributed by atoms with E-state index in [1.165, 1.54) is 53.2 Å². The van der Waals surface area contributed by atoms with Gasteiger partial charge in [-0.25, -0.2) is 4.39 Å². The summed E-state index contributed by atoms with van der Waals surface area (Å²) in [5.41, 5.74) is 0.968. The summed E-state index contributed by atoms with van der Waals surface area (Å²) in [4.78, 5) is 12.8. The van der Waals surface area contributed by atoms with Gasteiger partial charge < -0.3 is 9.47 Å². The van der Waals surface area contributed by atoms with Gasteiger partial charge in [0.05, 0.1) is 6.20 Å². The topological polar surface area (TPSA) is 58.3 Å². The Morgan fingerprint density at radius 1 is 0.938 bits per heavy atom. The second-order valence-corrected chi connectivity index (χ2v) is 6.76. The fourth-order valence-corrected chi connectivity index (χ4v) is 3.02. The summed E-state index contributed by atoms with van der Waals surface area (Å²) in [6, 6.07) is 11.4. The van der Waals surface area contributed by atoms with Gasteiger partial charge in [-0.15, -0.1) is 13.2 Å². The minimum Gasteiger partial charge on any atom is -0.456 e. The largest absolute Gasteiger partial charge is 0.573 e. The van der Waals surface area contributed by atoms with Crippen LogP contribution in [0, 0.1) is 5.82 Å². The highest BCUT2D eigenvalue weighted by molar-refractivity contribution is 5.69. The van der Waals surface area contributed by atoms with Crippen LogP contribution in [-0.4, -0.2) is 20.7 Å². The van der Waals surface area contributed by atoms with Crippen molar-refractivity contribution in [2.24, 2.45) is 7.05 Å². The minimum atomic E-state index is -4.81. The fraction of sp³-hybridized carbons (Fsp3) is 0.0909. The first-order valence-corrected chi connectivity index (χ1v) is 9.23. The Hall–Kier alpha value is -4.08. The van der Waals surface area contributed by atoms with Crippen molar-refractivity contribution in [2.75, 3.05) is 0 Å². The van der Waals surface area contributed by atoms with E-state index in [9.17, 15) is 22.4 Å². The van der Waals surface area contributed by atoms with Gasteiger partial charge in [-0.05, 0) is 48.5 Å². The molecule has 0 amide bonds. The van der Waals surface area contributed by atoms with Crippen molar-refractivity contribution in [1.29, 1.82) is 0 Å². The Morgan fingerprint density at radius 2 is 1.59 bits per heavy atom. The van der Waals surface area contributed by atoms with Crippen molar-refractivity contribution in [3.63, 3.8) is 0 Å². The maximum Gasteiger partial charge on any atom is 0.573 e. The number of hydrogen-bond acceptors (Lipinski definition) is 4. The highest BCUT2D eigenvalue weighted by Crippen LogP contribution is 2.33. The monoisotopic (exact) mass is 445 g/mol. The van der Waals surface area contributed by atoms with Gasteiger partial charge in [-0.3, -0.25) is 14.0 Å². The molecule has 6 nitrogen and oxygen atoms in total. The summed E-state index contributed by atoms with van der Waals surface area (Å²) < 4.78 is 62.9. The molecule has 0 saturated carbocycles. The third kappa shape index (κ3) is 4.80. The Balaban J connectivity index is 1.76. The summed E-state index contributed by atoms with van der Waals surface area (Å²) in [6.45, 7) is 0. The molecule has 0 aliphatic heterocycles. The molecular formula is C22H15F4N3O3. The van der Waals surface area contributed by atoms with Crippen LogP contribution in [0.15, 0.2) is 78.0 Å². The number of alkyl halides is 3. The number of aryl methyl sites for hydroxylation is 1. The number of ether oxygens (including phenoxy) is 2. The molecule has 0 N–H and O–H groups in total. The lowest BCUT2D eigenvalue weighted by Crippen LogP contribution is -2.18. The molecule has 0 aliphatic rings. The van der Waals surface area contributed by atoms with Crippen molar-refractivity contribution >= 4 is 0 Å². The van der Waals surface area contributed by atoms with Crippen molar-refractivity contribution in [1.82, 2.24) is 14.3 Å². The summed E-state index contributed by atoms with van der Waals surface area (Å²) in [6.07, 6.45) is -0.0348. The molecule has 0 atom stereocenters. The second kappa shape index (κ2) is 8.22. The third-order valence-electron chi connectivity index (χ3n) is 4.42. The molecule has 2 aromatic heterocycles. The highest BCUT2D eigenvalue weighted by Gasteiger charge is 2.31. The van der Waals surface area contributed by atoms with Crippen LogP contribution in [0.5, 0.6) is 17.2 Å². The van der Waals surface area contributed by atoms with Gasteiger partial charge in [0, 0.05) is 42.3 Å². The number of pyridine rings is 1. The maximum absolute atomic E-state index is 13.2. The summed E-state index contributed by atoms with van der Waals surface area (Å²) in [5.74, 6) is -0.304. The van der Waals surface area contributed by atoms with Gasteiger partial charge in [0.2, 0.25) is 0 Å². The van der Waals surface area contributed by atoms with Gasteiger partial charge in [-0.2, -0.15) is 5.10 Å². The Labute approximate surface area is 178 Å². The molecule has 32 heavy (non-hydrogen) atoms. The molecule has 2 heterocycles. The number of aromatic nitrogens is 3. The Morgan fingerprint density at radius 3 is 2.19 bits per heavy atom. The molecule has 10 heteroatoms. The lowest BCUT2D eigenvalue weighted by atomic mass is 10.1. The molecule has 0 fully saturated rings. The number of nitrogens with zero attached hydrogens (tertiary/aromatic N) is 3. The Bertz CT molecular complexity index is 1290. The molecule has 0 spiro atoms. The van der Waals surface area contributed by atoms with Gasteiger partial charge in [0.25, 0.3) is 5.56 Å². The van der Waals surface area contributed by atoms with Gasteiger partial charge in [0.1, 0.15) is 23.1 Å². The van der Waals surface area contributed by atoms with E-state index in [-0.39, 0.29) is 5.75 Å². The van der Waals surface area contributed by atoms with E-state index in [4.69, 9.17) is 4.74 Å². The molecule has 0 unspecified atom stereocenters. The maximum atomic E-state index is 13.2. The van der Waals surface area contributed by atoms with Gasteiger partial charge >= 0.3 is 6.36 Å². The van der Waals surface area contributed by atoms with Crippen LogP contribution in [0.25, 0.3) is 16.8 Å². The molecule has 164 valence electrons. The first-order chi connectivity index (χ1) is 15.2. The van der Waals surface area contributed by atoms with Gasteiger partial charge in [-0.1, -0.05) is 0 Å². The van der Waals surface area contributed by atoms with Crippen LogP contribution in [0.1, 0.15) is 0 Å². The summed E-state index contributed by atoms with van der Waals surface area (Å²) >= 11 is 0. The fourth-order valence-electron chi connectivity index (χ4n) is 3.02. The predicted octanol–water partition coefficient (Wildman–Crippen LogP) is 5.07. The van der Waals surface area contributed by atoms with Crippen LogP contribution in [0.3, 0.4) is 0 Å².